The highest BCUT2D eigenvalue weighted by atomic mass is 79.9. The van der Waals surface area contributed by atoms with E-state index in [1.807, 2.05) is 0 Å². The molecule has 0 saturated heterocycles. The first-order valence-corrected chi connectivity index (χ1v) is 7.06. The van der Waals surface area contributed by atoms with Crippen LogP contribution >= 0.6 is 15.9 Å². The van der Waals surface area contributed by atoms with Gasteiger partial charge in [0.25, 0.3) is 0 Å². The summed E-state index contributed by atoms with van der Waals surface area (Å²) in [6, 6.07) is 3.56. The predicted octanol–water partition coefficient (Wildman–Crippen LogP) is 2.41. The van der Waals surface area contributed by atoms with Crippen LogP contribution in [-0.4, -0.2) is 39.0 Å². The quantitative estimate of drug-likeness (QED) is 0.701. The van der Waals surface area contributed by atoms with E-state index in [1.165, 1.54) is 20.5 Å². The van der Waals surface area contributed by atoms with Gasteiger partial charge < -0.3 is 13.9 Å². The highest BCUT2D eigenvalue weighted by Crippen LogP contribution is 2.33. The first kappa shape index (κ1) is 14.5. The lowest BCUT2D eigenvalue weighted by molar-refractivity contribution is 0.368. The Morgan fingerprint density at radius 3 is 2.32 bits per heavy atom. The Hall–Kier alpha value is -2.42. The second-order valence-corrected chi connectivity index (χ2v) is 5.03. The molecule has 0 fully saturated rings. The van der Waals surface area contributed by atoms with E-state index in [2.05, 4.69) is 36.1 Å². The van der Waals surface area contributed by atoms with Gasteiger partial charge in [-0.1, -0.05) is 0 Å². The summed E-state index contributed by atoms with van der Waals surface area (Å²) in [6.45, 7) is 1.81. The second kappa shape index (κ2) is 5.76. The van der Waals surface area contributed by atoms with Gasteiger partial charge in [0.05, 0.1) is 14.2 Å². The van der Waals surface area contributed by atoms with Gasteiger partial charge in [-0.05, 0) is 35.0 Å². The Labute approximate surface area is 134 Å². The molecule has 0 aromatic carbocycles. The van der Waals surface area contributed by atoms with E-state index >= 15 is 0 Å². The molecule has 0 amide bonds. The lowest BCUT2D eigenvalue weighted by Gasteiger charge is -2.13. The van der Waals surface area contributed by atoms with Crippen LogP contribution in [0.3, 0.4) is 0 Å². The molecule has 0 unspecified atom stereocenters. The molecule has 9 heteroatoms. The van der Waals surface area contributed by atoms with Crippen molar-refractivity contribution in [3.8, 4) is 29.0 Å². The number of hydrogen-bond acceptors (Lipinski definition) is 7. The van der Waals surface area contributed by atoms with E-state index in [1.54, 1.807) is 23.6 Å². The number of aryl methyl sites for hydroxylation is 1. The minimum absolute atomic E-state index is 0.349. The SMILES string of the molecule is COc1ncnc(OC)c1-n1c(C)nnc1-c1ccc(Br)o1. The molecule has 22 heavy (non-hydrogen) atoms. The maximum atomic E-state index is 5.56. The first-order chi connectivity index (χ1) is 10.7. The third kappa shape index (κ3) is 2.33. The number of furan rings is 1. The van der Waals surface area contributed by atoms with E-state index in [4.69, 9.17) is 13.9 Å². The molecule has 8 nitrogen and oxygen atoms in total. The largest absolute Gasteiger partial charge is 0.479 e. The number of methoxy groups -OCH3 is 2. The van der Waals surface area contributed by atoms with E-state index in [0.717, 1.165) is 0 Å². The Morgan fingerprint density at radius 1 is 1.09 bits per heavy atom. The van der Waals surface area contributed by atoms with Crippen LogP contribution < -0.4 is 9.47 Å². The van der Waals surface area contributed by atoms with Gasteiger partial charge in [-0.2, -0.15) is 9.97 Å². The van der Waals surface area contributed by atoms with E-state index in [0.29, 0.717) is 39.5 Å². The van der Waals surface area contributed by atoms with Crippen LogP contribution in [0.25, 0.3) is 17.3 Å². The molecule has 114 valence electrons. The zero-order chi connectivity index (χ0) is 15.7. The number of hydrogen-bond donors (Lipinski definition) is 0. The molecular formula is C13H12BrN5O3. The van der Waals surface area contributed by atoms with Crippen LogP contribution in [0.4, 0.5) is 0 Å². The molecule has 3 heterocycles. The standard InChI is InChI=1S/C13H12BrN5O3/c1-7-17-18-11(8-4-5-9(14)22-8)19(7)10-12(20-2)15-6-16-13(10)21-3/h4-6H,1-3H3. The molecule has 0 saturated carbocycles. The minimum Gasteiger partial charge on any atom is -0.479 e. The summed E-state index contributed by atoms with van der Waals surface area (Å²) in [4.78, 5) is 8.23. The smallest absolute Gasteiger partial charge is 0.245 e. The van der Waals surface area contributed by atoms with Gasteiger partial charge in [-0.3, -0.25) is 4.57 Å². The molecule has 0 aliphatic rings. The van der Waals surface area contributed by atoms with Crippen molar-refractivity contribution in [2.45, 2.75) is 6.92 Å². The number of ether oxygens (including phenoxy) is 2. The summed E-state index contributed by atoms with van der Waals surface area (Å²) < 4.78 is 18.5. The highest BCUT2D eigenvalue weighted by molar-refractivity contribution is 9.10. The van der Waals surface area contributed by atoms with Crippen LogP contribution in [-0.2, 0) is 0 Å². The molecule has 0 aliphatic heterocycles. The van der Waals surface area contributed by atoms with Crippen LogP contribution in [0.5, 0.6) is 11.8 Å². The van der Waals surface area contributed by atoms with Crippen molar-refractivity contribution in [1.29, 1.82) is 0 Å². The summed E-state index contributed by atoms with van der Waals surface area (Å²) in [5, 5.41) is 8.26. The highest BCUT2D eigenvalue weighted by Gasteiger charge is 2.23. The molecule has 0 radical (unpaired) electrons. The fourth-order valence-corrected chi connectivity index (χ4v) is 2.37. The van der Waals surface area contributed by atoms with Crippen molar-refractivity contribution >= 4 is 15.9 Å². The number of rotatable bonds is 4. The molecule has 0 spiro atoms. The Balaban J connectivity index is 2.28. The topological polar surface area (TPSA) is 88.1 Å². The second-order valence-electron chi connectivity index (χ2n) is 4.25. The maximum Gasteiger partial charge on any atom is 0.245 e. The van der Waals surface area contributed by atoms with E-state index in [-0.39, 0.29) is 0 Å². The molecule has 3 aromatic heterocycles. The third-order valence-corrected chi connectivity index (χ3v) is 3.41. The fraction of sp³-hybridized carbons (Fsp3) is 0.231. The summed E-state index contributed by atoms with van der Waals surface area (Å²) in [5.74, 6) is 2.35. The van der Waals surface area contributed by atoms with Gasteiger partial charge in [-0.25, -0.2) is 0 Å². The lowest BCUT2D eigenvalue weighted by Crippen LogP contribution is -2.07. The monoisotopic (exact) mass is 365 g/mol. The summed E-state index contributed by atoms with van der Waals surface area (Å²) >= 11 is 3.28. The molecule has 0 atom stereocenters. The van der Waals surface area contributed by atoms with Crippen molar-refractivity contribution in [1.82, 2.24) is 24.7 Å². The Kier molecular flexibility index (Phi) is 3.80. The van der Waals surface area contributed by atoms with Crippen molar-refractivity contribution in [3.05, 3.63) is 29.0 Å². The van der Waals surface area contributed by atoms with Gasteiger partial charge in [0.1, 0.15) is 12.2 Å². The summed E-state index contributed by atoms with van der Waals surface area (Å²) in [5.41, 5.74) is 0.512. The first-order valence-electron chi connectivity index (χ1n) is 6.26. The van der Waals surface area contributed by atoms with Gasteiger partial charge in [0.2, 0.25) is 17.6 Å². The lowest BCUT2D eigenvalue weighted by atomic mass is 10.3. The van der Waals surface area contributed by atoms with Crippen LogP contribution in [0, 0.1) is 6.92 Å². The van der Waals surface area contributed by atoms with Crippen LogP contribution in [0.15, 0.2) is 27.5 Å². The zero-order valence-corrected chi connectivity index (χ0v) is 13.7. The predicted molar refractivity (Wildman–Crippen MR) is 80.2 cm³/mol. The van der Waals surface area contributed by atoms with E-state index in [9.17, 15) is 0 Å². The molecule has 3 aromatic rings. The number of nitrogens with zero attached hydrogens (tertiary/aromatic N) is 5. The fourth-order valence-electron chi connectivity index (χ4n) is 2.06. The third-order valence-electron chi connectivity index (χ3n) is 2.98. The molecular weight excluding hydrogens is 354 g/mol. The van der Waals surface area contributed by atoms with Crippen molar-refractivity contribution in [3.63, 3.8) is 0 Å². The Morgan fingerprint density at radius 2 is 1.77 bits per heavy atom. The van der Waals surface area contributed by atoms with Crippen molar-refractivity contribution in [2.24, 2.45) is 0 Å². The van der Waals surface area contributed by atoms with Gasteiger partial charge in [0.15, 0.2) is 16.1 Å². The zero-order valence-electron chi connectivity index (χ0n) is 12.1. The molecule has 0 N–H and O–H groups in total. The molecule has 0 bridgehead atoms. The summed E-state index contributed by atoms with van der Waals surface area (Å²) in [7, 11) is 3.04. The minimum atomic E-state index is 0.349. The Bertz CT molecular complexity index is 792. The number of halogens is 1. The van der Waals surface area contributed by atoms with Crippen molar-refractivity contribution < 1.29 is 13.9 Å². The van der Waals surface area contributed by atoms with E-state index < -0.39 is 0 Å². The van der Waals surface area contributed by atoms with Gasteiger partial charge >= 0.3 is 0 Å². The molecule has 0 aliphatic carbocycles. The normalized spacial score (nSPS) is 10.7. The van der Waals surface area contributed by atoms with Crippen molar-refractivity contribution in [2.75, 3.05) is 14.2 Å². The van der Waals surface area contributed by atoms with Gasteiger partial charge in [0, 0.05) is 0 Å². The van der Waals surface area contributed by atoms with Gasteiger partial charge in [-0.15, -0.1) is 10.2 Å². The average Bonchev–Trinajstić information content (AvgIpc) is 3.12. The summed E-state index contributed by atoms with van der Waals surface area (Å²) in [6.07, 6.45) is 1.37. The average molecular weight is 366 g/mol. The number of aromatic nitrogens is 5. The maximum absolute atomic E-state index is 5.56. The molecule has 3 rings (SSSR count). The van der Waals surface area contributed by atoms with Crippen LogP contribution in [0.2, 0.25) is 0 Å². The van der Waals surface area contributed by atoms with Crippen LogP contribution in [0.1, 0.15) is 5.82 Å².